The number of amides is 2. The van der Waals surface area contributed by atoms with Gasteiger partial charge in [0.1, 0.15) is 5.75 Å². The zero-order valence-corrected chi connectivity index (χ0v) is 17.5. The molecule has 0 saturated carbocycles. The van der Waals surface area contributed by atoms with E-state index in [-0.39, 0.29) is 0 Å². The maximum atomic E-state index is 12.0. The summed E-state index contributed by atoms with van der Waals surface area (Å²) in [6.07, 6.45) is 4.70. The summed E-state index contributed by atoms with van der Waals surface area (Å²) in [7, 11) is 0. The van der Waals surface area contributed by atoms with Gasteiger partial charge in [0.2, 0.25) is 6.04 Å². The Hall–Kier alpha value is -2.22. The normalized spacial score (nSPS) is 18.1. The first-order valence-electron chi connectivity index (χ1n) is 9.77. The molecule has 0 fully saturated rings. The van der Waals surface area contributed by atoms with Crippen molar-refractivity contribution < 1.29 is 14.3 Å². The van der Waals surface area contributed by atoms with Crippen LogP contribution < -0.4 is 10.1 Å². The fourth-order valence-electron chi connectivity index (χ4n) is 2.63. The van der Waals surface area contributed by atoms with Crippen molar-refractivity contribution in [2.45, 2.75) is 52.5 Å². The second-order valence-corrected chi connectivity index (χ2v) is 7.77. The van der Waals surface area contributed by atoms with Crippen molar-refractivity contribution in [3.05, 3.63) is 24.3 Å². The topological polar surface area (TPSA) is 92.5 Å². The van der Waals surface area contributed by atoms with Gasteiger partial charge >= 0.3 is 0 Å². The summed E-state index contributed by atoms with van der Waals surface area (Å²) in [5.41, 5.74) is 0.545. The lowest BCUT2D eigenvalue weighted by atomic mass is 10.0. The van der Waals surface area contributed by atoms with Gasteiger partial charge in [-0.05, 0) is 42.4 Å². The molecule has 1 aliphatic rings. The Labute approximate surface area is 170 Å². The van der Waals surface area contributed by atoms with Crippen LogP contribution in [0.25, 0.3) is 0 Å². The van der Waals surface area contributed by atoms with E-state index in [1.807, 2.05) is 19.1 Å². The molecule has 1 aromatic rings. The van der Waals surface area contributed by atoms with E-state index in [9.17, 15) is 9.59 Å². The number of benzene rings is 1. The molecule has 152 valence electrons. The number of amidine groups is 1. The Kier molecular flexibility index (Phi) is 9.13. The van der Waals surface area contributed by atoms with E-state index in [1.165, 1.54) is 31.0 Å². The van der Waals surface area contributed by atoms with Crippen LogP contribution >= 0.6 is 11.8 Å². The molecular weight excluding hydrogens is 376 g/mol. The van der Waals surface area contributed by atoms with E-state index < -0.39 is 17.9 Å². The monoisotopic (exact) mass is 404 g/mol. The van der Waals surface area contributed by atoms with E-state index >= 15 is 0 Å². The van der Waals surface area contributed by atoms with Gasteiger partial charge in [0, 0.05) is 0 Å². The number of azo groups is 1. The predicted octanol–water partition coefficient (Wildman–Crippen LogP) is 4.50. The van der Waals surface area contributed by atoms with Crippen LogP contribution in [0.2, 0.25) is 0 Å². The number of thioether (sulfide) groups is 1. The molecule has 1 aromatic carbocycles. The Morgan fingerprint density at radius 1 is 1.21 bits per heavy atom. The molecule has 8 heteroatoms. The summed E-state index contributed by atoms with van der Waals surface area (Å²) < 4.78 is 5.86. The molecule has 1 aliphatic heterocycles. The molecule has 0 aliphatic carbocycles. The summed E-state index contributed by atoms with van der Waals surface area (Å²) in [6.45, 7) is 6.99. The van der Waals surface area contributed by atoms with Crippen LogP contribution in [0.3, 0.4) is 0 Å². The number of aliphatic imine (C=N–C) groups is 1. The SMILES string of the molecule is CCCCC(CC)COc1ccc(/N=N\C2C(=O)N=C(SCC)NC2=O)cc1. The number of hydrogen-bond acceptors (Lipinski definition) is 6. The van der Waals surface area contributed by atoms with E-state index in [1.54, 1.807) is 12.1 Å². The number of ether oxygens (including phenoxy) is 1. The minimum absolute atomic E-state index is 0.315. The molecule has 28 heavy (non-hydrogen) atoms. The second-order valence-electron chi connectivity index (χ2n) is 6.52. The number of hydrogen-bond donors (Lipinski definition) is 1. The highest BCUT2D eigenvalue weighted by atomic mass is 32.2. The molecular formula is C20H28N4O3S. The molecule has 0 radical (unpaired) electrons. The Morgan fingerprint density at radius 3 is 2.57 bits per heavy atom. The lowest BCUT2D eigenvalue weighted by Gasteiger charge is -2.16. The maximum absolute atomic E-state index is 12.0. The predicted molar refractivity (Wildman–Crippen MR) is 112 cm³/mol. The molecule has 1 heterocycles. The van der Waals surface area contributed by atoms with Crippen molar-refractivity contribution in [2.75, 3.05) is 12.4 Å². The van der Waals surface area contributed by atoms with E-state index in [0.29, 0.717) is 29.1 Å². The fourth-order valence-corrected chi connectivity index (χ4v) is 3.23. The minimum atomic E-state index is -1.24. The standard InChI is InChI=1S/C20H28N4O3S/c1-4-7-8-14(5-2)13-27-16-11-9-15(10-12-16)23-24-17-18(25)21-20(28-6-3)22-19(17)26/h9-12,14,17H,4-8,13H2,1-3H3,(H,21,22,25,26)/b24-23-. The van der Waals surface area contributed by atoms with Crippen LogP contribution in [0.5, 0.6) is 5.75 Å². The number of carbonyl (C=O) groups excluding carboxylic acids is 2. The first-order chi connectivity index (χ1) is 13.6. The number of nitrogens with zero attached hydrogens (tertiary/aromatic N) is 3. The largest absolute Gasteiger partial charge is 0.493 e. The Balaban J connectivity index is 1.91. The summed E-state index contributed by atoms with van der Waals surface area (Å²) >= 11 is 1.30. The van der Waals surface area contributed by atoms with Gasteiger partial charge in [-0.25, -0.2) is 0 Å². The number of nitrogens with one attached hydrogen (secondary N) is 1. The second kappa shape index (κ2) is 11.6. The van der Waals surface area contributed by atoms with Gasteiger partial charge < -0.3 is 10.1 Å². The third-order valence-electron chi connectivity index (χ3n) is 4.36. The van der Waals surface area contributed by atoms with Gasteiger partial charge in [-0.15, -0.1) is 0 Å². The van der Waals surface area contributed by atoms with Gasteiger partial charge in [-0.3, -0.25) is 9.59 Å². The van der Waals surface area contributed by atoms with E-state index in [4.69, 9.17) is 4.74 Å². The van der Waals surface area contributed by atoms with Crippen LogP contribution in [-0.2, 0) is 9.59 Å². The summed E-state index contributed by atoms with van der Waals surface area (Å²) in [6, 6.07) is 5.90. The van der Waals surface area contributed by atoms with Crippen molar-refractivity contribution in [1.29, 1.82) is 0 Å². The van der Waals surface area contributed by atoms with Gasteiger partial charge in [-0.2, -0.15) is 15.2 Å². The van der Waals surface area contributed by atoms with Crippen LogP contribution in [0.1, 0.15) is 46.5 Å². The third-order valence-corrected chi connectivity index (χ3v) is 5.12. The quantitative estimate of drug-likeness (QED) is 0.459. The van der Waals surface area contributed by atoms with Crippen molar-refractivity contribution >= 4 is 34.4 Å². The Bertz CT molecular complexity index is 719. The van der Waals surface area contributed by atoms with Crippen molar-refractivity contribution in [3.8, 4) is 5.75 Å². The van der Waals surface area contributed by atoms with Crippen LogP contribution in [-0.4, -0.2) is 35.4 Å². The molecule has 2 amide bonds. The minimum Gasteiger partial charge on any atom is -0.493 e. The molecule has 1 N–H and O–H groups in total. The van der Waals surface area contributed by atoms with Crippen LogP contribution in [0.4, 0.5) is 5.69 Å². The Morgan fingerprint density at radius 2 is 1.96 bits per heavy atom. The number of rotatable bonds is 10. The van der Waals surface area contributed by atoms with E-state index in [2.05, 4.69) is 34.4 Å². The highest BCUT2D eigenvalue weighted by Gasteiger charge is 2.32. The van der Waals surface area contributed by atoms with Crippen molar-refractivity contribution in [2.24, 2.45) is 21.1 Å². The summed E-state index contributed by atoms with van der Waals surface area (Å²) in [5, 5.41) is 10.8. The molecule has 2 atom stereocenters. The third kappa shape index (κ3) is 6.74. The van der Waals surface area contributed by atoms with Crippen molar-refractivity contribution in [1.82, 2.24) is 5.32 Å². The molecule has 0 aromatic heterocycles. The molecule has 2 unspecified atom stereocenters. The van der Waals surface area contributed by atoms with Gasteiger partial charge in [0.25, 0.3) is 11.8 Å². The smallest absolute Gasteiger partial charge is 0.284 e. The van der Waals surface area contributed by atoms with E-state index in [0.717, 1.165) is 12.2 Å². The molecule has 7 nitrogen and oxygen atoms in total. The average Bonchev–Trinajstić information content (AvgIpc) is 2.69. The highest BCUT2D eigenvalue weighted by Crippen LogP contribution is 2.21. The first-order valence-corrected chi connectivity index (χ1v) is 10.8. The number of carbonyl (C=O) groups is 2. The van der Waals surface area contributed by atoms with Gasteiger partial charge in [0.15, 0.2) is 5.17 Å². The summed E-state index contributed by atoms with van der Waals surface area (Å²) in [5.74, 6) is 0.945. The number of unbranched alkanes of at least 4 members (excludes halogenated alkanes) is 1. The fraction of sp³-hybridized carbons (Fsp3) is 0.550. The van der Waals surface area contributed by atoms with Gasteiger partial charge in [-0.1, -0.05) is 51.8 Å². The zero-order valence-electron chi connectivity index (χ0n) is 16.7. The lowest BCUT2D eigenvalue weighted by Crippen LogP contribution is -2.45. The van der Waals surface area contributed by atoms with Crippen LogP contribution in [0, 0.1) is 5.92 Å². The molecule has 0 spiro atoms. The van der Waals surface area contributed by atoms with Crippen molar-refractivity contribution in [3.63, 3.8) is 0 Å². The molecule has 2 rings (SSSR count). The average molecular weight is 405 g/mol. The molecule has 0 saturated heterocycles. The molecule has 0 bridgehead atoms. The summed E-state index contributed by atoms with van der Waals surface area (Å²) in [4.78, 5) is 27.8. The maximum Gasteiger partial charge on any atom is 0.284 e. The first kappa shape index (κ1) is 22.1. The highest BCUT2D eigenvalue weighted by molar-refractivity contribution is 8.13. The zero-order chi connectivity index (χ0) is 20.4. The van der Waals surface area contributed by atoms with Crippen LogP contribution in [0.15, 0.2) is 39.5 Å². The lowest BCUT2D eigenvalue weighted by molar-refractivity contribution is -0.129. The van der Waals surface area contributed by atoms with Gasteiger partial charge in [0.05, 0.1) is 12.3 Å².